The van der Waals surface area contributed by atoms with Gasteiger partial charge >= 0.3 is 5.97 Å². The Kier molecular flexibility index (Phi) is 5.59. The number of piperidine rings is 1. The molecule has 0 saturated carbocycles. The lowest BCUT2D eigenvalue weighted by molar-refractivity contribution is -0.148. The largest absolute Gasteiger partial charge is 0.481 e. The van der Waals surface area contributed by atoms with Gasteiger partial charge in [-0.3, -0.25) is 9.59 Å². The van der Waals surface area contributed by atoms with E-state index in [0.717, 1.165) is 12.8 Å². The summed E-state index contributed by atoms with van der Waals surface area (Å²) in [7, 11) is 0. The molecule has 0 aromatic rings. The van der Waals surface area contributed by atoms with Gasteiger partial charge in [-0.2, -0.15) is 0 Å². The van der Waals surface area contributed by atoms with Crippen LogP contribution < -0.4 is 5.73 Å². The van der Waals surface area contributed by atoms with Gasteiger partial charge in [-0.15, -0.1) is 0 Å². The smallest absolute Gasteiger partial charge is 0.306 e. The van der Waals surface area contributed by atoms with E-state index in [1.165, 1.54) is 0 Å². The molecule has 1 aliphatic heterocycles. The van der Waals surface area contributed by atoms with Crippen molar-refractivity contribution in [2.24, 2.45) is 17.6 Å². The zero-order valence-electron chi connectivity index (χ0n) is 11.3. The maximum absolute atomic E-state index is 12.1. The Bertz CT molecular complexity index is 307. The molecule has 0 aromatic heterocycles. The number of carboxylic acids is 1. The molecule has 0 radical (unpaired) electrons. The fourth-order valence-electron chi connectivity index (χ4n) is 2.49. The Hall–Kier alpha value is -1.10. The van der Waals surface area contributed by atoms with Crippen LogP contribution in [0.1, 0.15) is 39.5 Å². The van der Waals surface area contributed by atoms with E-state index in [2.05, 4.69) is 6.92 Å². The van der Waals surface area contributed by atoms with E-state index >= 15 is 0 Å². The average Bonchev–Trinajstić information content (AvgIpc) is 2.34. The molecule has 5 heteroatoms. The van der Waals surface area contributed by atoms with Gasteiger partial charge in [0, 0.05) is 13.1 Å². The van der Waals surface area contributed by atoms with Crippen molar-refractivity contribution in [3.63, 3.8) is 0 Å². The minimum Gasteiger partial charge on any atom is -0.481 e. The number of likely N-dealkylation sites (tertiary alicyclic amines) is 1. The van der Waals surface area contributed by atoms with Crippen molar-refractivity contribution in [1.82, 2.24) is 4.90 Å². The van der Waals surface area contributed by atoms with Gasteiger partial charge in [-0.1, -0.05) is 26.7 Å². The maximum atomic E-state index is 12.1. The second-order valence-electron chi connectivity index (χ2n) is 5.24. The number of unbranched alkanes of at least 4 members (excludes halogenated alkanes) is 1. The Morgan fingerprint density at radius 3 is 2.67 bits per heavy atom. The van der Waals surface area contributed by atoms with E-state index in [-0.39, 0.29) is 17.7 Å². The molecule has 3 atom stereocenters. The number of rotatable bonds is 5. The Morgan fingerprint density at radius 2 is 2.17 bits per heavy atom. The molecule has 1 saturated heterocycles. The number of amides is 1. The van der Waals surface area contributed by atoms with Gasteiger partial charge in [0.25, 0.3) is 0 Å². The van der Waals surface area contributed by atoms with Crippen molar-refractivity contribution < 1.29 is 14.7 Å². The van der Waals surface area contributed by atoms with Crippen LogP contribution >= 0.6 is 0 Å². The molecule has 0 aliphatic carbocycles. The van der Waals surface area contributed by atoms with Gasteiger partial charge in [0.2, 0.25) is 5.91 Å². The van der Waals surface area contributed by atoms with E-state index in [9.17, 15) is 9.59 Å². The lowest BCUT2D eigenvalue weighted by atomic mass is 9.86. The molecule has 1 heterocycles. The highest BCUT2D eigenvalue weighted by molar-refractivity contribution is 5.82. The molecule has 1 fully saturated rings. The molecule has 1 aliphatic rings. The summed E-state index contributed by atoms with van der Waals surface area (Å²) in [4.78, 5) is 24.8. The zero-order valence-corrected chi connectivity index (χ0v) is 11.3. The minimum absolute atomic E-state index is 0.00132. The molecule has 1 rings (SSSR count). The predicted octanol–water partition coefficient (Wildman–Crippen LogP) is 1.07. The number of hydrogen-bond donors (Lipinski definition) is 2. The average molecular weight is 256 g/mol. The first kappa shape index (κ1) is 15.0. The molecule has 5 nitrogen and oxygen atoms in total. The van der Waals surface area contributed by atoms with Crippen LogP contribution in [0.5, 0.6) is 0 Å². The standard InChI is InChI=1S/C13H24N2O3/c1-3-4-5-11(14)12(16)15-7-6-10(13(17)18)9(2)8-15/h9-11H,3-8,14H2,1-2H3,(H,17,18)/t9?,10?,11-/m0/s1. The fraction of sp³-hybridized carbons (Fsp3) is 0.846. The first-order chi connectivity index (χ1) is 8.47. The SMILES string of the molecule is CCCC[C@H](N)C(=O)N1CCC(C(=O)O)C(C)C1. The van der Waals surface area contributed by atoms with Gasteiger partial charge in [0.05, 0.1) is 12.0 Å². The number of carboxylic acid groups (broad SMARTS) is 1. The summed E-state index contributed by atoms with van der Waals surface area (Å²) in [5.41, 5.74) is 5.87. The van der Waals surface area contributed by atoms with Gasteiger partial charge in [0.15, 0.2) is 0 Å². The van der Waals surface area contributed by atoms with Crippen molar-refractivity contribution in [2.75, 3.05) is 13.1 Å². The number of carbonyl (C=O) groups excluding carboxylic acids is 1. The summed E-state index contributed by atoms with van der Waals surface area (Å²) >= 11 is 0. The third-order valence-corrected chi connectivity index (χ3v) is 3.72. The van der Waals surface area contributed by atoms with Crippen molar-refractivity contribution >= 4 is 11.9 Å². The number of aliphatic carboxylic acids is 1. The van der Waals surface area contributed by atoms with Gasteiger partial charge < -0.3 is 15.7 Å². The highest BCUT2D eigenvalue weighted by Gasteiger charge is 2.34. The van der Waals surface area contributed by atoms with Gasteiger partial charge in [0.1, 0.15) is 0 Å². The van der Waals surface area contributed by atoms with Crippen LogP contribution in [0.2, 0.25) is 0 Å². The molecule has 104 valence electrons. The predicted molar refractivity (Wildman–Crippen MR) is 69.0 cm³/mol. The molecule has 18 heavy (non-hydrogen) atoms. The number of carbonyl (C=O) groups is 2. The summed E-state index contributed by atoms with van der Waals surface area (Å²) in [6, 6.07) is -0.432. The topological polar surface area (TPSA) is 83.6 Å². The Balaban J connectivity index is 2.50. The monoisotopic (exact) mass is 256 g/mol. The molecule has 0 bridgehead atoms. The molecular weight excluding hydrogens is 232 g/mol. The van der Waals surface area contributed by atoms with E-state index in [4.69, 9.17) is 10.8 Å². The molecular formula is C13H24N2O3. The van der Waals surface area contributed by atoms with Crippen LogP contribution in [0, 0.1) is 11.8 Å². The third kappa shape index (κ3) is 3.70. The zero-order chi connectivity index (χ0) is 13.7. The molecule has 0 aromatic carbocycles. The molecule has 2 unspecified atom stereocenters. The van der Waals surface area contributed by atoms with Crippen LogP contribution in [0.25, 0.3) is 0 Å². The lowest BCUT2D eigenvalue weighted by Gasteiger charge is -2.36. The van der Waals surface area contributed by atoms with Crippen molar-refractivity contribution in [1.29, 1.82) is 0 Å². The Labute approximate surface area is 108 Å². The Morgan fingerprint density at radius 1 is 1.50 bits per heavy atom. The second-order valence-corrected chi connectivity index (χ2v) is 5.24. The van der Waals surface area contributed by atoms with Crippen molar-refractivity contribution in [2.45, 2.75) is 45.6 Å². The van der Waals surface area contributed by atoms with E-state index in [0.29, 0.717) is 25.9 Å². The normalized spacial score (nSPS) is 25.8. The van der Waals surface area contributed by atoms with E-state index < -0.39 is 12.0 Å². The number of nitrogens with zero attached hydrogens (tertiary/aromatic N) is 1. The van der Waals surface area contributed by atoms with Crippen molar-refractivity contribution in [3.05, 3.63) is 0 Å². The van der Waals surface area contributed by atoms with E-state index in [1.807, 2.05) is 6.92 Å². The van der Waals surface area contributed by atoms with Crippen LogP contribution in [0.4, 0.5) is 0 Å². The van der Waals surface area contributed by atoms with E-state index in [1.54, 1.807) is 4.90 Å². The molecule has 1 amide bonds. The van der Waals surface area contributed by atoms with Gasteiger partial charge in [-0.05, 0) is 18.8 Å². The highest BCUT2D eigenvalue weighted by atomic mass is 16.4. The third-order valence-electron chi connectivity index (χ3n) is 3.72. The summed E-state index contributed by atoms with van der Waals surface area (Å²) in [6.45, 7) is 4.98. The summed E-state index contributed by atoms with van der Waals surface area (Å²) < 4.78 is 0. The first-order valence-electron chi connectivity index (χ1n) is 6.74. The number of nitrogens with two attached hydrogens (primary N) is 1. The fourth-order valence-corrected chi connectivity index (χ4v) is 2.49. The summed E-state index contributed by atoms with van der Waals surface area (Å²) in [5.74, 6) is -1.12. The summed E-state index contributed by atoms with van der Waals surface area (Å²) in [6.07, 6.45) is 3.22. The van der Waals surface area contributed by atoms with Crippen LogP contribution in [0.15, 0.2) is 0 Å². The van der Waals surface area contributed by atoms with Crippen LogP contribution in [0.3, 0.4) is 0 Å². The summed E-state index contributed by atoms with van der Waals surface area (Å²) in [5, 5.41) is 9.03. The van der Waals surface area contributed by atoms with Crippen LogP contribution in [-0.2, 0) is 9.59 Å². The number of hydrogen-bond acceptors (Lipinski definition) is 3. The highest BCUT2D eigenvalue weighted by Crippen LogP contribution is 2.24. The lowest BCUT2D eigenvalue weighted by Crippen LogP contribution is -2.50. The van der Waals surface area contributed by atoms with Crippen molar-refractivity contribution in [3.8, 4) is 0 Å². The molecule has 0 spiro atoms. The maximum Gasteiger partial charge on any atom is 0.306 e. The molecule has 3 N–H and O–H groups in total. The van der Waals surface area contributed by atoms with Gasteiger partial charge in [-0.25, -0.2) is 0 Å². The second kappa shape index (κ2) is 6.73. The van der Waals surface area contributed by atoms with Crippen LogP contribution in [-0.4, -0.2) is 41.0 Å². The quantitative estimate of drug-likeness (QED) is 0.770. The first-order valence-corrected chi connectivity index (χ1v) is 6.74. The minimum atomic E-state index is -0.759.